The molecule has 0 aliphatic carbocycles. The molecule has 0 saturated heterocycles. The van der Waals surface area contributed by atoms with Crippen molar-refractivity contribution in [1.29, 1.82) is 0 Å². The summed E-state index contributed by atoms with van der Waals surface area (Å²) in [6, 6.07) is 6.81. The Hall–Kier alpha value is -2.02. The zero-order valence-corrected chi connectivity index (χ0v) is 15.0. The number of hydrogen-bond donors (Lipinski definition) is 0. The van der Waals surface area contributed by atoms with Gasteiger partial charge in [-0.15, -0.1) is 11.8 Å². The van der Waals surface area contributed by atoms with Crippen molar-refractivity contribution >= 4 is 23.5 Å². The second kappa shape index (κ2) is 7.91. The molecule has 134 valence electrons. The van der Waals surface area contributed by atoms with Crippen LogP contribution in [-0.2, 0) is 6.18 Å². The molecule has 1 heterocycles. The van der Waals surface area contributed by atoms with Crippen molar-refractivity contribution in [1.82, 2.24) is 4.98 Å². The SMILES string of the molecule is CCSc1cc(C(F)(F)F)ccc1C(=O)N(CC)c1ccc(C)cn1. The van der Waals surface area contributed by atoms with Crippen LogP contribution < -0.4 is 4.90 Å². The number of rotatable bonds is 5. The molecule has 1 aromatic heterocycles. The Morgan fingerprint density at radius 3 is 2.44 bits per heavy atom. The normalized spacial score (nSPS) is 11.4. The fraction of sp³-hybridized carbons (Fsp3) is 0.333. The molecule has 0 atom stereocenters. The topological polar surface area (TPSA) is 33.2 Å². The van der Waals surface area contributed by atoms with Gasteiger partial charge in [-0.05, 0) is 49.4 Å². The molecule has 2 rings (SSSR count). The monoisotopic (exact) mass is 368 g/mol. The molecule has 0 saturated carbocycles. The Labute approximate surface area is 149 Å². The van der Waals surface area contributed by atoms with Gasteiger partial charge in [0.25, 0.3) is 5.91 Å². The van der Waals surface area contributed by atoms with E-state index in [1.165, 1.54) is 22.7 Å². The number of pyridine rings is 1. The van der Waals surface area contributed by atoms with Crippen LogP contribution in [0.5, 0.6) is 0 Å². The molecular weight excluding hydrogens is 349 g/mol. The van der Waals surface area contributed by atoms with Gasteiger partial charge in [0.05, 0.1) is 11.1 Å². The van der Waals surface area contributed by atoms with Crippen molar-refractivity contribution in [2.75, 3.05) is 17.2 Å². The summed E-state index contributed by atoms with van der Waals surface area (Å²) in [5, 5.41) is 0. The number of hydrogen-bond acceptors (Lipinski definition) is 3. The number of carbonyl (C=O) groups is 1. The first-order valence-electron chi connectivity index (χ1n) is 7.86. The second-order valence-electron chi connectivity index (χ2n) is 5.38. The number of aryl methyl sites for hydroxylation is 1. The van der Waals surface area contributed by atoms with E-state index in [2.05, 4.69) is 4.98 Å². The van der Waals surface area contributed by atoms with Gasteiger partial charge < -0.3 is 0 Å². The van der Waals surface area contributed by atoms with Gasteiger partial charge in [-0.1, -0.05) is 13.0 Å². The lowest BCUT2D eigenvalue weighted by atomic mass is 10.1. The third-order valence-electron chi connectivity index (χ3n) is 3.57. The van der Waals surface area contributed by atoms with Crippen molar-refractivity contribution in [3.8, 4) is 0 Å². The lowest BCUT2D eigenvalue weighted by Crippen LogP contribution is -2.31. The average Bonchev–Trinajstić information content (AvgIpc) is 2.56. The second-order valence-corrected chi connectivity index (χ2v) is 6.69. The van der Waals surface area contributed by atoms with E-state index in [0.29, 0.717) is 23.0 Å². The lowest BCUT2D eigenvalue weighted by molar-refractivity contribution is -0.137. The van der Waals surface area contributed by atoms with Gasteiger partial charge in [-0.2, -0.15) is 13.2 Å². The maximum atomic E-state index is 13.0. The van der Waals surface area contributed by atoms with Gasteiger partial charge >= 0.3 is 6.18 Å². The summed E-state index contributed by atoms with van der Waals surface area (Å²) in [6.07, 6.45) is -2.78. The number of amides is 1. The molecule has 0 aliphatic heterocycles. The standard InChI is InChI=1S/C18H19F3N2OS/c1-4-23(16-9-6-12(3)11-22-16)17(24)14-8-7-13(18(19,20)21)10-15(14)25-5-2/h6-11H,4-5H2,1-3H3. The first-order valence-corrected chi connectivity index (χ1v) is 8.85. The van der Waals surface area contributed by atoms with Gasteiger partial charge in [0.1, 0.15) is 5.82 Å². The zero-order valence-electron chi connectivity index (χ0n) is 14.2. The summed E-state index contributed by atoms with van der Waals surface area (Å²) in [5.74, 6) is 0.685. The average molecular weight is 368 g/mol. The first kappa shape index (κ1) is 19.3. The quantitative estimate of drug-likeness (QED) is 0.681. The van der Waals surface area contributed by atoms with E-state index < -0.39 is 11.7 Å². The molecule has 1 amide bonds. The van der Waals surface area contributed by atoms with E-state index >= 15 is 0 Å². The number of aromatic nitrogens is 1. The summed E-state index contributed by atoms with van der Waals surface area (Å²) < 4.78 is 38.9. The fourth-order valence-corrected chi connectivity index (χ4v) is 3.16. The van der Waals surface area contributed by atoms with Crippen LogP contribution in [0.2, 0.25) is 0 Å². The van der Waals surface area contributed by atoms with Crippen molar-refractivity contribution < 1.29 is 18.0 Å². The van der Waals surface area contributed by atoms with Crippen LogP contribution in [0.1, 0.15) is 35.3 Å². The summed E-state index contributed by atoms with van der Waals surface area (Å²) in [4.78, 5) is 18.9. The molecule has 0 radical (unpaired) electrons. The first-order chi connectivity index (χ1) is 11.8. The van der Waals surface area contributed by atoms with E-state index in [0.717, 1.165) is 17.7 Å². The fourth-order valence-electron chi connectivity index (χ4n) is 2.32. The zero-order chi connectivity index (χ0) is 18.6. The molecule has 0 unspecified atom stereocenters. The smallest absolute Gasteiger partial charge is 0.293 e. The summed E-state index contributed by atoms with van der Waals surface area (Å²) in [5.41, 5.74) is 0.463. The van der Waals surface area contributed by atoms with Crippen LogP contribution in [0.25, 0.3) is 0 Å². The van der Waals surface area contributed by atoms with Gasteiger partial charge in [0.15, 0.2) is 0 Å². The van der Waals surface area contributed by atoms with Crippen LogP contribution in [0.3, 0.4) is 0 Å². The van der Waals surface area contributed by atoms with E-state index in [9.17, 15) is 18.0 Å². The lowest BCUT2D eigenvalue weighted by Gasteiger charge is -2.22. The Morgan fingerprint density at radius 2 is 1.92 bits per heavy atom. The Morgan fingerprint density at radius 1 is 1.20 bits per heavy atom. The van der Waals surface area contributed by atoms with E-state index in [1.54, 1.807) is 19.2 Å². The third-order valence-corrected chi connectivity index (χ3v) is 4.51. The highest BCUT2D eigenvalue weighted by Gasteiger charge is 2.32. The van der Waals surface area contributed by atoms with Crippen LogP contribution >= 0.6 is 11.8 Å². The summed E-state index contributed by atoms with van der Waals surface area (Å²) in [6.45, 7) is 5.89. The maximum absolute atomic E-state index is 13.0. The molecule has 0 spiro atoms. The highest BCUT2D eigenvalue weighted by Crippen LogP contribution is 2.34. The molecule has 25 heavy (non-hydrogen) atoms. The van der Waals surface area contributed by atoms with Gasteiger partial charge in [-0.25, -0.2) is 4.98 Å². The number of benzene rings is 1. The highest BCUT2D eigenvalue weighted by atomic mass is 32.2. The van der Waals surface area contributed by atoms with Crippen molar-refractivity contribution in [2.24, 2.45) is 0 Å². The molecule has 1 aromatic carbocycles. The van der Waals surface area contributed by atoms with E-state index in [-0.39, 0.29) is 11.5 Å². The van der Waals surface area contributed by atoms with Crippen molar-refractivity contribution in [3.63, 3.8) is 0 Å². The van der Waals surface area contributed by atoms with Gasteiger partial charge in [-0.3, -0.25) is 9.69 Å². The minimum atomic E-state index is -4.44. The number of anilines is 1. The molecule has 3 nitrogen and oxygen atoms in total. The largest absolute Gasteiger partial charge is 0.416 e. The minimum Gasteiger partial charge on any atom is -0.293 e. The Kier molecular flexibility index (Phi) is 6.11. The van der Waals surface area contributed by atoms with Crippen LogP contribution in [-0.4, -0.2) is 23.2 Å². The third kappa shape index (κ3) is 4.54. The van der Waals surface area contributed by atoms with Gasteiger partial charge in [0, 0.05) is 17.6 Å². The van der Waals surface area contributed by atoms with Crippen LogP contribution in [0, 0.1) is 6.92 Å². The number of halogens is 3. The molecule has 7 heteroatoms. The molecule has 2 aromatic rings. The molecule has 0 N–H and O–H groups in total. The van der Waals surface area contributed by atoms with E-state index in [1.807, 2.05) is 19.9 Å². The number of nitrogens with zero attached hydrogens (tertiary/aromatic N) is 2. The van der Waals surface area contributed by atoms with Crippen LogP contribution in [0.4, 0.5) is 19.0 Å². The van der Waals surface area contributed by atoms with Crippen LogP contribution in [0.15, 0.2) is 41.4 Å². The predicted octanol–water partition coefficient (Wildman–Crippen LogP) is 5.19. The molecule has 0 fully saturated rings. The molecular formula is C18H19F3N2OS. The Balaban J connectivity index is 2.43. The maximum Gasteiger partial charge on any atom is 0.416 e. The number of alkyl halides is 3. The number of thioether (sulfide) groups is 1. The molecule has 0 aliphatic rings. The Bertz CT molecular complexity index is 745. The minimum absolute atomic E-state index is 0.254. The van der Waals surface area contributed by atoms with Gasteiger partial charge in [0.2, 0.25) is 0 Å². The summed E-state index contributed by atoms with van der Waals surface area (Å²) in [7, 11) is 0. The highest BCUT2D eigenvalue weighted by molar-refractivity contribution is 7.99. The van der Waals surface area contributed by atoms with Crippen molar-refractivity contribution in [3.05, 3.63) is 53.2 Å². The number of carbonyl (C=O) groups excluding carboxylic acids is 1. The predicted molar refractivity (Wildman–Crippen MR) is 94.2 cm³/mol. The summed E-state index contributed by atoms with van der Waals surface area (Å²) >= 11 is 1.22. The molecule has 0 bridgehead atoms. The van der Waals surface area contributed by atoms with E-state index in [4.69, 9.17) is 0 Å². The van der Waals surface area contributed by atoms with Crippen molar-refractivity contribution in [2.45, 2.75) is 31.8 Å².